The highest BCUT2D eigenvalue weighted by Gasteiger charge is 2.33. The van der Waals surface area contributed by atoms with E-state index >= 15 is 0 Å². The largest absolute Gasteiger partial charge is 0.481 e. The maximum Gasteiger partial charge on any atom is 0.409 e. The predicted octanol–water partition coefficient (Wildman–Crippen LogP) is -0.253. The molecule has 0 saturated carbocycles. The van der Waals surface area contributed by atoms with Gasteiger partial charge in [0.2, 0.25) is 0 Å². The lowest BCUT2D eigenvalue weighted by molar-refractivity contribution is -0.143. The van der Waals surface area contributed by atoms with Gasteiger partial charge in [0.05, 0.1) is 13.0 Å². The average Bonchev–Trinajstić information content (AvgIpc) is 2.27. The van der Waals surface area contributed by atoms with Gasteiger partial charge in [-0.05, 0) is 13.5 Å². The van der Waals surface area contributed by atoms with Crippen LogP contribution in [-0.4, -0.2) is 55.4 Å². The van der Waals surface area contributed by atoms with Crippen molar-refractivity contribution < 1.29 is 19.4 Å². The molecule has 0 aromatic rings. The summed E-state index contributed by atoms with van der Waals surface area (Å²) >= 11 is 0. The van der Waals surface area contributed by atoms with E-state index in [1.54, 1.807) is 7.05 Å². The molecule has 0 aliphatic carbocycles. The number of ether oxygens (including phenoxy) is 1. The molecule has 1 aliphatic heterocycles. The summed E-state index contributed by atoms with van der Waals surface area (Å²) in [5.41, 5.74) is 0. The van der Waals surface area contributed by atoms with Gasteiger partial charge in [-0.1, -0.05) is 0 Å². The summed E-state index contributed by atoms with van der Waals surface area (Å²) in [6.07, 6.45) is 0.0699. The minimum absolute atomic E-state index is 0.0129. The van der Waals surface area contributed by atoms with Crippen molar-refractivity contribution in [3.05, 3.63) is 0 Å². The molecule has 1 heterocycles. The molecule has 1 fully saturated rings. The Morgan fingerprint density at radius 3 is 2.60 bits per heavy atom. The number of nitrogens with zero attached hydrogens (tertiary/aromatic N) is 1. The Morgan fingerprint density at radius 2 is 2.13 bits per heavy atom. The number of piperidine rings is 1. The van der Waals surface area contributed by atoms with Crippen LogP contribution in [0.3, 0.4) is 0 Å². The first kappa shape index (κ1) is 11.8. The molecule has 1 aliphatic rings. The number of carbonyl (C=O) groups is 2. The van der Waals surface area contributed by atoms with Crippen LogP contribution in [0.15, 0.2) is 0 Å². The number of likely N-dealkylation sites (tertiary alicyclic amines) is 1. The summed E-state index contributed by atoms with van der Waals surface area (Å²) in [7, 11) is 3.05. The number of carboxylic acid groups (broad SMARTS) is 1. The third-order valence-electron chi connectivity index (χ3n) is 2.64. The van der Waals surface area contributed by atoms with Crippen molar-refractivity contribution in [2.24, 2.45) is 5.92 Å². The first-order valence-electron chi connectivity index (χ1n) is 4.81. The molecule has 0 aromatic heterocycles. The van der Waals surface area contributed by atoms with Crippen LogP contribution in [0.5, 0.6) is 0 Å². The van der Waals surface area contributed by atoms with Gasteiger partial charge in [-0.15, -0.1) is 0 Å². The molecule has 2 N–H and O–H groups in total. The molecule has 15 heavy (non-hydrogen) atoms. The van der Waals surface area contributed by atoms with E-state index in [4.69, 9.17) is 5.11 Å². The van der Waals surface area contributed by atoms with Gasteiger partial charge in [0.15, 0.2) is 0 Å². The second-order valence-electron chi connectivity index (χ2n) is 3.63. The number of methoxy groups -OCH3 is 1. The number of carboxylic acids is 1. The van der Waals surface area contributed by atoms with Crippen LogP contribution in [0.25, 0.3) is 0 Å². The number of carbonyl (C=O) groups excluding carboxylic acids is 1. The number of aliphatic carboxylic acids is 1. The second-order valence-corrected chi connectivity index (χ2v) is 3.63. The van der Waals surface area contributed by atoms with Crippen LogP contribution >= 0.6 is 0 Å². The van der Waals surface area contributed by atoms with Crippen molar-refractivity contribution >= 4 is 12.1 Å². The van der Waals surface area contributed by atoms with Gasteiger partial charge in [0.1, 0.15) is 0 Å². The highest BCUT2D eigenvalue weighted by atomic mass is 16.5. The number of likely N-dealkylation sites (N-methyl/N-ethyl adjacent to an activating group) is 1. The minimum Gasteiger partial charge on any atom is -0.481 e. The molecule has 1 amide bonds. The van der Waals surface area contributed by atoms with E-state index in [1.807, 2.05) is 0 Å². The number of rotatable bonds is 2. The van der Waals surface area contributed by atoms with Gasteiger partial charge in [-0.3, -0.25) is 4.79 Å². The van der Waals surface area contributed by atoms with Crippen LogP contribution in [0.4, 0.5) is 4.79 Å². The average molecular weight is 216 g/mol. The smallest absolute Gasteiger partial charge is 0.409 e. The Morgan fingerprint density at radius 1 is 1.47 bits per heavy atom. The molecule has 86 valence electrons. The fraction of sp³-hybridized carbons (Fsp3) is 0.778. The Labute approximate surface area is 88.2 Å². The third kappa shape index (κ3) is 2.82. The Bertz CT molecular complexity index is 256. The SMILES string of the molecule is CNC1CC(C(=O)O)CN(C(=O)OC)C1. The zero-order chi connectivity index (χ0) is 11.4. The number of hydrogen-bond donors (Lipinski definition) is 2. The van der Waals surface area contributed by atoms with Crippen LogP contribution in [0.2, 0.25) is 0 Å². The second kappa shape index (κ2) is 4.97. The van der Waals surface area contributed by atoms with Crippen molar-refractivity contribution in [2.75, 3.05) is 27.2 Å². The predicted molar refractivity (Wildman–Crippen MR) is 52.6 cm³/mol. The van der Waals surface area contributed by atoms with Crippen LogP contribution in [-0.2, 0) is 9.53 Å². The first-order chi connectivity index (χ1) is 7.08. The first-order valence-corrected chi connectivity index (χ1v) is 4.81. The van der Waals surface area contributed by atoms with E-state index in [-0.39, 0.29) is 12.6 Å². The molecule has 0 aromatic carbocycles. The van der Waals surface area contributed by atoms with Crippen molar-refractivity contribution in [1.29, 1.82) is 0 Å². The Hall–Kier alpha value is -1.30. The Balaban J connectivity index is 2.66. The molecule has 6 nitrogen and oxygen atoms in total. The summed E-state index contributed by atoms with van der Waals surface area (Å²) in [4.78, 5) is 23.6. The van der Waals surface area contributed by atoms with Gasteiger partial charge >= 0.3 is 12.1 Å². The van der Waals surface area contributed by atoms with Gasteiger partial charge in [0.25, 0.3) is 0 Å². The van der Waals surface area contributed by atoms with Gasteiger partial charge < -0.3 is 20.1 Å². The van der Waals surface area contributed by atoms with Crippen molar-refractivity contribution in [3.8, 4) is 0 Å². The lowest BCUT2D eigenvalue weighted by atomic mass is 9.95. The van der Waals surface area contributed by atoms with Crippen LogP contribution in [0.1, 0.15) is 6.42 Å². The quantitative estimate of drug-likeness (QED) is 0.665. The van der Waals surface area contributed by atoms with Crippen molar-refractivity contribution in [1.82, 2.24) is 10.2 Å². The minimum atomic E-state index is -0.871. The van der Waals surface area contributed by atoms with E-state index in [9.17, 15) is 9.59 Å². The summed E-state index contributed by atoms with van der Waals surface area (Å²) in [5, 5.41) is 11.9. The standard InChI is InChI=1S/C9H16N2O4/c1-10-7-3-6(8(12)13)4-11(5-7)9(14)15-2/h6-7,10H,3-5H2,1-2H3,(H,12,13). The highest BCUT2D eigenvalue weighted by molar-refractivity contribution is 5.73. The normalized spacial score (nSPS) is 26.1. The fourth-order valence-electron chi connectivity index (χ4n) is 1.77. The Kier molecular flexibility index (Phi) is 3.90. The summed E-state index contributed by atoms with van der Waals surface area (Å²) in [6, 6.07) is 0.0129. The molecule has 2 atom stereocenters. The van der Waals surface area contributed by atoms with Gasteiger partial charge in [-0.2, -0.15) is 0 Å². The maximum atomic E-state index is 11.3. The number of amides is 1. The molecular weight excluding hydrogens is 200 g/mol. The van der Waals surface area contributed by atoms with E-state index in [0.717, 1.165) is 0 Å². The molecule has 1 saturated heterocycles. The summed E-state index contributed by atoms with van der Waals surface area (Å²) in [6.45, 7) is 0.715. The van der Waals surface area contributed by atoms with Gasteiger partial charge in [-0.25, -0.2) is 4.79 Å². The highest BCUT2D eigenvalue weighted by Crippen LogP contribution is 2.17. The summed E-state index contributed by atoms with van der Waals surface area (Å²) < 4.78 is 4.58. The zero-order valence-electron chi connectivity index (χ0n) is 8.90. The molecule has 0 spiro atoms. The number of hydrogen-bond acceptors (Lipinski definition) is 4. The topological polar surface area (TPSA) is 78.9 Å². The van der Waals surface area contributed by atoms with Crippen LogP contribution in [0, 0.1) is 5.92 Å². The van der Waals surface area contributed by atoms with E-state index < -0.39 is 18.0 Å². The monoisotopic (exact) mass is 216 g/mol. The molecule has 0 bridgehead atoms. The van der Waals surface area contributed by atoms with Gasteiger partial charge in [0, 0.05) is 19.1 Å². The van der Waals surface area contributed by atoms with Crippen molar-refractivity contribution in [3.63, 3.8) is 0 Å². The zero-order valence-corrected chi connectivity index (χ0v) is 8.90. The lowest BCUT2D eigenvalue weighted by Crippen LogP contribution is -2.52. The lowest BCUT2D eigenvalue weighted by Gasteiger charge is -2.34. The van der Waals surface area contributed by atoms with Crippen LogP contribution < -0.4 is 5.32 Å². The fourth-order valence-corrected chi connectivity index (χ4v) is 1.77. The number of nitrogens with one attached hydrogen (secondary N) is 1. The molecule has 2 unspecified atom stereocenters. The van der Waals surface area contributed by atoms with Crippen molar-refractivity contribution in [2.45, 2.75) is 12.5 Å². The third-order valence-corrected chi connectivity index (χ3v) is 2.64. The van der Waals surface area contributed by atoms with E-state index in [2.05, 4.69) is 10.1 Å². The molecular formula is C9H16N2O4. The van der Waals surface area contributed by atoms with E-state index in [0.29, 0.717) is 13.0 Å². The summed E-state index contributed by atoms with van der Waals surface area (Å²) in [5.74, 6) is -1.39. The molecule has 0 radical (unpaired) electrons. The molecule has 6 heteroatoms. The maximum absolute atomic E-state index is 11.3. The molecule has 1 rings (SSSR count). The van der Waals surface area contributed by atoms with E-state index in [1.165, 1.54) is 12.0 Å².